The number of phenols is 1. The maximum atomic E-state index is 13.8. The summed E-state index contributed by atoms with van der Waals surface area (Å²) in [6.07, 6.45) is 1.73. The summed E-state index contributed by atoms with van der Waals surface area (Å²) >= 11 is 1.25. The number of rotatable bonds is 5. The molecule has 4 aromatic rings. The van der Waals surface area contributed by atoms with Gasteiger partial charge in [-0.3, -0.25) is 9.36 Å². The number of allylic oxidation sites excluding steroid dienone is 1. The normalized spacial score (nSPS) is 15.5. The number of hydrogen-bond acceptors (Lipinski definition) is 7. The van der Waals surface area contributed by atoms with E-state index in [-0.39, 0.29) is 17.9 Å². The van der Waals surface area contributed by atoms with Crippen LogP contribution in [0, 0.1) is 0 Å². The predicted octanol–water partition coefficient (Wildman–Crippen LogP) is 3.67. The van der Waals surface area contributed by atoms with Crippen molar-refractivity contribution < 1.29 is 19.4 Å². The third kappa shape index (κ3) is 3.99. The van der Waals surface area contributed by atoms with Gasteiger partial charge in [0.05, 0.1) is 35.6 Å². The number of carbonyl (C=O) groups is 1. The van der Waals surface area contributed by atoms with E-state index >= 15 is 0 Å². The summed E-state index contributed by atoms with van der Waals surface area (Å²) in [7, 11) is 1.47. The zero-order valence-electron chi connectivity index (χ0n) is 20.0. The molecule has 0 fully saturated rings. The lowest BCUT2D eigenvalue weighted by Crippen LogP contribution is -2.40. The van der Waals surface area contributed by atoms with Gasteiger partial charge in [0.1, 0.15) is 0 Å². The second-order valence-electron chi connectivity index (χ2n) is 8.30. The molecule has 3 aromatic carbocycles. The second-order valence-corrected chi connectivity index (χ2v) is 9.31. The molecule has 0 saturated heterocycles. The van der Waals surface area contributed by atoms with Crippen LogP contribution in [0.5, 0.6) is 11.5 Å². The Kier molecular flexibility index (Phi) is 6.20. The minimum atomic E-state index is -0.692. The molecule has 1 aliphatic rings. The van der Waals surface area contributed by atoms with Gasteiger partial charge in [-0.15, -0.1) is 0 Å². The number of esters is 1. The van der Waals surface area contributed by atoms with Crippen molar-refractivity contribution in [3.05, 3.63) is 103 Å². The van der Waals surface area contributed by atoms with E-state index in [4.69, 9.17) is 9.47 Å². The minimum Gasteiger partial charge on any atom is -0.504 e. The van der Waals surface area contributed by atoms with Crippen molar-refractivity contribution >= 4 is 34.2 Å². The first-order chi connectivity index (χ1) is 17.4. The maximum Gasteiger partial charge on any atom is 0.338 e. The maximum absolute atomic E-state index is 13.8. The van der Waals surface area contributed by atoms with Crippen LogP contribution in [0.4, 0.5) is 0 Å². The fraction of sp³-hybridized carbons (Fsp3) is 0.179. The van der Waals surface area contributed by atoms with Crippen LogP contribution in [-0.2, 0) is 9.53 Å². The SMILES string of the molecule is CCOC(=O)C1=C(C)N=c2sc(=Cc3ccc(O)c(OC)c3)c(=O)n2[C@H]1c1cccc2ccccc12. The molecule has 182 valence electrons. The smallest absolute Gasteiger partial charge is 0.338 e. The molecule has 0 spiro atoms. The number of carbonyl (C=O) groups excluding carboxylic acids is 1. The van der Waals surface area contributed by atoms with Crippen molar-refractivity contribution in [1.82, 2.24) is 4.57 Å². The molecule has 1 atom stereocenters. The monoisotopic (exact) mass is 500 g/mol. The van der Waals surface area contributed by atoms with Gasteiger partial charge in [0.25, 0.3) is 5.56 Å². The van der Waals surface area contributed by atoms with Gasteiger partial charge in [0.15, 0.2) is 16.3 Å². The Morgan fingerprint density at radius 1 is 1.17 bits per heavy atom. The van der Waals surface area contributed by atoms with Crippen LogP contribution in [-0.4, -0.2) is 29.4 Å². The molecule has 7 nitrogen and oxygen atoms in total. The number of benzene rings is 3. The van der Waals surface area contributed by atoms with E-state index in [2.05, 4.69) is 4.99 Å². The predicted molar refractivity (Wildman–Crippen MR) is 139 cm³/mol. The highest BCUT2D eigenvalue weighted by atomic mass is 32.1. The third-order valence-corrected chi connectivity index (χ3v) is 7.12. The van der Waals surface area contributed by atoms with Crippen molar-refractivity contribution in [2.45, 2.75) is 19.9 Å². The van der Waals surface area contributed by atoms with Crippen molar-refractivity contribution in [2.75, 3.05) is 13.7 Å². The molecule has 0 unspecified atom stereocenters. The van der Waals surface area contributed by atoms with Gasteiger partial charge >= 0.3 is 5.97 Å². The average Bonchev–Trinajstić information content (AvgIpc) is 3.18. The highest BCUT2D eigenvalue weighted by Gasteiger charge is 2.34. The van der Waals surface area contributed by atoms with Gasteiger partial charge < -0.3 is 14.6 Å². The Hall–Kier alpha value is -4.17. The average molecular weight is 501 g/mol. The largest absolute Gasteiger partial charge is 0.504 e. The number of hydrogen-bond donors (Lipinski definition) is 1. The van der Waals surface area contributed by atoms with E-state index < -0.39 is 12.0 Å². The number of nitrogens with zero attached hydrogens (tertiary/aromatic N) is 2. The van der Waals surface area contributed by atoms with Gasteiger partial charge in [0, 0.05) is 0 Å². The highest BCUT2D eigenvalue weighted by molar-refractivity contribution is 7.07. The molecule has 36 heavy (non-hydrogen) atoms. The number of thiazole rings is 1. The van der Waals surface area contributed by atoms with Crippen LogP contribution in [0.2, 0.25) is 0 Å². The van der Waals surface area contributed by atoms with Crippen molar-refractivity contribution in [2.24, 2.45) is 4.99 Å². The summed E-state index contributed by atoms with van der Waals surface area (Å²) in [4.78, 5) is 32.1. The van der Waals surface area contributed by atoms with E-state index in [9.17, 15) is 14.7 Å². The number of ether oxygens (including phenoxy) is 2. The molecule has 0 amide bonds. The molecular formula is C28H24N2O5S. The molecule has 5 rings (SSSR count). The molecule has 8 heteroatoms. The van der Waals surface area contributed by atoms with Gasteiger partial charge in [-0.1, -0.05) is 59.9 Å². The topological polar surface area (TPSA) is 90.1 Å². The van der Waals surface area contributed by atoms with E-state index in [1.54, 1.807) is 36.6 Å². The summed E-state index contributed by atoms with van der Waals surface area (Å²) in [5.41, 5.74) is 2.12. The standard InChI is InChI=1S/C28H24N2O5S/c1-4-35-27(33)24-16(2)29-28-30(25(24)20-11-7-9-18-8-5-6-10-19(18)20)26(32)23(36-28)15-17-12-13-21(31)22(14-17)34-3/h5-15,25,31H,4H2,1-3H3/t25-/m0/s1. The molecule has 1 N–H and O–H groups in total. The molecule has 0 saturated carbocycles. The number of aromatic hydroxyl groups is 1. The molecule has 0 bridgehead atoms. The molecule has 0 radical (unpaired) electrons. The van der Waals surface area contributed by atoms with Crippen molar-refractivity contribution in [3.8, 4) is 11.5 Å². The summed E-state index contributed by atoms with van der Waals surface area (Å²) < 4.78 is 12.6. The number of aromatic nitrogens is 1. The highest BCUT2D eigenvalue weighted by Crippen LogP contribution is 2.35. The minimum absolute atomic E-state index is 0.0155. The van der Waals surface area contributed by atoms with E-state index in [1.807, 2.05) is 42.5 Å². The van der Waals surface area contributed by atoms with Crippen molar-refractivity contribution in [1.29, 1.82) is 0 Å². The van der Waals surface area contributed by atoms with Crippen LogP contribution >= 0.6 is 11.3 Å². The van der Waals surface area contributed by atoms with Gasteiger partial charge in [-0.05, 0) is 54.0 Å². The van der Waals surface area contributed by atoms with Gasteiger partial charge in [-0.25, -0.2) is 9.79 Å². The molecule has 2 heterocycles. The lowest BCUT2D eigenvalue weighted by molar-refractivity contribution is -0.139. The fourth-order valence-electron chi connectivity index (χ4n) is 4.51. The van der Waals surface area contributed by atoms with Crippen LogP contribution in [0.1, 0.15) is 31.0 Å². The zero-order chi connectivity index (χ0) is 25.4. The van der Waals surface area contributed by atoms with Gasteiger partial charge in [-0.2, -0.15) is 0 Å². The number of phenolic OH excluding ortho intramolecular Hbond substituents is 1. The zero-order valence-corrected chi connectivity index (χ0v) is 20.8. The number of methoxy groups -OCH3 is 1. The van der Waals surface area contributed by atoms with E-state index in [0.717, 1.165) is 16.3 Å². The lowest BCUT2D eigenvalue weighted by Gasteiger charge is -2.25. The van der Waals surface area contributed by atoms with Crippen LogP contribution in [0.3, 0.4) is 0 Å². The summed E-state index contributed by atoms with van der Waals surface area (Å²) in [5, 5.41) is 11.9. The van der Waals surface area contributed by atoms with Crippen LogP contribution < -0.4 is 19.6 Å². The van der Waals surface area contributed by atoms with Crippen LogP contribution in [0.15, 0.2) is 81.7 Å². The quantitative estimate of drug-likeness (QED) is 0.423. The van der Waals surface area contributed by atoms with Gasteiger partial charge in [0.2, 0.25) is 0 Å². The molecule has 0 aliphatic carbocycles. The van der Waals surface area contributed by atoms with Crippen molar-refractivity contribution in [3.63, 3.8) is 0 Å². The lowest BCUT2D eigenvalue weighted by atomic mass is 9.91. The third-order valence-electron chi connectivity index (χ3n) is 6.14. The van der Waals surface area contributed by atoms with Crippen LogP contribution in [0.25, 0.3) is 16.8 Å². The number of fused-ring (bicyclic) bond motifs is 2. The Bertz CT molecular complexity index is 1710. The summed E-state index contributed by atoms with van der Waals surface area (Å²) in [5.74, 6) is -0.165. The Labute approximate surface area is 210 Å². The molecule has 1 aromatic heterocycles. The first-order valence-corrected chi connectivity index (χ1v) is 12.3. The Morgan fingerprint density at radius 3 is 2.72 bits per heavy atom. The Balaban J connectivity index is 1.78. The molecule has 1 aliphatic heterocycles. The summed E-state index contributed by atoms with van der Waals surface area (Å²) in [6.45, 7) is 3.74. The Morgan fingerprint density at radius 2 is 1.94 bits per heavy atom. The molecular weight excluding hydrogens is 476 g/mol. The first kappa shape index (κ1) is 23.6. The first-order valence-electron chi connectivity index (χ1n) is 11.5. The van der Waals surface area contributed by atoms with E-state index in [0.29, 0.717) is 31.9 Å². The van der Waals surface area contributed by atoms with E-state index in [1.165, 1.54) is 24.5 Å². The summed E-state index contributed by atoms with van der Waals surface area (Å²) in [6, 6.07) is 17.9. The second kappa shape index (κ2) is 9.47. The fourth-order valence-corrected chi connectivity index (χ4v) is 5.56.